The van der Waals surface area contributed by atoms with Gasteiger partial charge in [0.1, 0.15) is 5.75 Å². The van der Waals surface area contributed by atoms with Gasteiger partial charge in [-0.2, -0.15) is 0 Å². The Hall–Kier alpha value is -1.06. The van der Waals surface area contributed by atoms with E-state index in [1.54, 1.807) is 7.11 Å². The Balaban J connectivity index is 3.02. The fourth-order valence-corrected chi connectivity index (χ4v) is 2.17. The first-order chi connectivity index (χ1) is 9.15. The Morgan fingerprint density at radius 3 is 2.53 bits per heavy atom. The summed E-state index contributed by atoms with van der Waals surface area (Å²) in [4.78, 5) is 0. The molecule has 1 aromatic carbocycles. The van der Waals surface area contributed by atoms with Crippen molar-refractivity contribution in [1.29, 1.82) is 0 Å². The van der Waals surface area contributed by atoms with Crippen molar-refractivity contribution in [3.63, 3.8) is 0 Å². The molecule has 0 aliphatic carbocycles. The monoisotopic (exact) mass is 265 g/mol. The largest absolute Gasteiger partial charge is 0.496 e. The predicted molar refractivity (Wildman–Crippen MR) is 80.0 cm³/mol. The van der Waals surface area contributed by atoms with Crippen molar-refractivity contribution in [3.8, 4) is 5.75 Å². The zero-order valence-corrected chi connectivity index (χ0v) is 12.9. The second kappa shape index (κ2) is 8.18. The van der Waals surface area contributed by atoms with Crippen molar-refractivity contribution in [2.75, 3.05) is 26.9 Å². The standard InChI is InChI=1S/C16H27NO2/c1-6-10-17-15(11-19-7-2)14-9-8-12(3)13(4)16(14)18-5/h8-9,15,17H,6-7,10-11H2,1-5H3. The van der Waals surface area contributed by atoms with Gasteiger partial charge in [0.25, 0.3) is 0 Å². The van der Waals surface area contributed by atoms with E-state index >= 15 is 0 Å². The van der Waals surface area contributed by atoms with Crippen LogP contribution in [0.1, 0.15) is 43.0 Å². The summed E-state index contributed by atoms with van der Waals surface area (Å²) in [5.74, 6) is 0.980. The number of ether oxygens (including phenoxy) is 2. The first-order valence-corrected chi connectivity index (χ1v) is 7.10. The van der Waals surface area contributed by atoms with E-state index < -0.39 is 0 Å². The number of nitrogens with one attached hydrogen (secondary N) is 1. The SMILES string of the molecule is CCCNC(COCC)c1ccc(C)c(C)c1OC. The van der Waals surface area contributed by atoms with Crippen LogP contribution < -0.4 is 10.1 Å². The van der Waals surface area contributed by atoms with E-state index in [0.29, 0.717) is 6.61 Å². The van der Waals surface area contributed by atoms with Crippen molar-refractivity contribution in [3.05, 3.63) is 28.8 Å². The Morgan fingerprint density at radius 2 is 1.95 bits per heavy atom. The molecule has 0 radical (unpaired) electrons. The van der Waals surface area contributed by atoms with Crippen LogP contribution in [0, 0.1) is 13.8 Å². The first-order valence-electron chi connectivity index (χ1n) is 7.10. The second-order valence-corrected chi connectivity index (χ2v) is 4.80. The highest BCUT2D eigenvalue weighted by Gasteiger charge is 2.18. The van der Waals surface area contributed by atoms with Gasteiger partial charge in [-0.3, -0.25) is 0 Å². The minimum atomic E-state index is 0.189. The molecule has 0 amide bonds. The molecule has 1 unspecified atom stereocenters. The summed E-state index contributed by atoms with van der Waals surface area (Å²) in [5, 5.41) is 3.54. The number of hydrogen-bond acceptors (Lipinski definition) is 3. The zero-order valence-electron chi connectivity index (χ0n) is 12.9. The smallest absolute Gasteiger partial charge is 0.126 e. The molecule has 3 nitrogen and oxygen atoms in total. The molecular weight excluding hydrogens is 238 g/mol. The van der Waals surface area contributed by atoms with Crippen LogP contribution in [0.5, 0.6) is 5.75 Å². The van der Waals surface area contributed by atoms with Gasteiger partial charge in [0, 0.05) is 12.2 Å². The van der Waals surface area contributed by atoms with E-state index in [9.17, 15) is 0 Å². The maximum Gasteiger partial charge on any atom is 0.126 e. The van der Waals surface area contributed by atoms with Crippen LogP contribution in [-0.2, 0) is 4.74 Å². The van der Waals surface area contributed by atoms with Gasteiger partial charge in [-0.05, 0) is 44.9 Å². The summed E-state index contributed by atoms with van der Waals surface area (Å²) in [6.07, 6.45) is 1.11. The highest BCUT2D eigenvalue weighted by atomic mass is 16.5. The summed E-state index contributed by atoms with van der Waals surface area (Å²) in [6.45, 7) is 10.8. The number of hydrogen-bond donors (Lipinski definition) is 1. The van der Waals surface area contributed by atoms with Crippen LogP contribution >= 0.6 is 0 Å². The predicted octanol–water partition coefficient (Wildman–Crippen LogP) is 3.39. The molecule has 0 saturated carbocycles. The lowest BCUT2D eigenvalue weighted by atomic mass is 9.99. The van der Waals surface area contributed by atoms with Crippen LogP contribution in [0.15, 0.2) is 12.1 Å². The molecule has 0 aromatic heterocycles. The van der Waals surface area contributed by atoms with Gasteiger partial charge in [-0.1, -0.05) is 19.1 Å². The van der Waals surface area contributed by atoms with Crippen molar-refractivity contribution in [2.45, 2.75) is 40.2 Å². The Labute approximate surface area is 117 Å². The fraction of sp³-hybridized carbons (Fsp3) is 0.625. The van der Waals surface area contributed by atoms with E-state index in [0.717, 1.165) is 25.3 Å². The average Bonchev–Trinajstić information content (AvgIpc) is 2.42. The number of methoxy groups -OCH3 is 1. The van der Waals surface area contributed by atoms with Crippen LogP contribution in [-0.4, -0.2) is 26.9 Å². The molecule has 0 spiro atoms. The average molecular weight is 265 g/mol. The topological polar surface area (TPSA) is 30.5 Å². The zero-order chi connectivity index (χ0) is 14.3. The van der Waals surface area contributed by atoms with Gasteiger partial charge < -0.3 is 14.8 Å². The van der Waals surface area contributed by atoms with E-state index in [2.05, 4.69) is 38.2 Å². The Kier molecular flexibility index (Phi) is 6.89. The Morgan fingerprint density at radius 1 is 1.21 bits per heavy atom. The van der Waals surface area contributed by atoms with Crippen LogP contribution in [0.25, 0.3) is 0 Å². The third kappa shape index (κ3) is 4.22. The first kappa shape index (κ1) is 16.0. The van der Waals surface area contributed by atoms with E-state index in [4.69, 9.17) is 9.47 Å². The van der Waals surface area contributed by atoms with Crippen LogP contribution in [0.4, 0.5) is 0 Å². The molecule has 1 aromatic rings. The van der Waals surface area contributed by atoms with E-state index in [-0.39, 0.29) is 6.04 Å². The molecule has 108 valence electrons. The summed E-state index contributed by atoms with van der Waals surface area (Å²) in [7, 11) is 1.74. The Bertz CT molecular complexity index is 383. The van der Waals surface area contributed by atoms with Crippen molar-refractivity contribution < 1.29 is 9.47 Å². The quantitative estimate of drug-likeness (QED) is 0.781. The summed E-state index contributed by atoms with van der Waals surface area (Å²) >= 11 is 0. The van der Waals surface area contributed by atoms with Gasteiger partial charge in [-0.15, -0.1) is 0 Å². The van der Waals surface area contributed by atoms with Gasteiger partial charge in [0.05, 0.1) is 19.8 Å². The van der Waals surface area contributed by atoms with Gasteiger partial charge in [0.2, 0.25) is 0 Å². The normalized spacial score (nSPS) is 12.5. The van der Waals surface area contributed by atoms with Gasteiger partial charge in [0.15, 0.2) is 0 Å². The van der Waals surface area contributed by atoms with E-state index in [1.165, 1.54) is 16.7 Å². The number of benzene rings is 1. The molecular formula is C16H27NO2. The maximum atomic E-state index is 5.60. The summed E-state index contributed by atoms with van der Waals surface area (Å²) < 4.78 is 11.2. The van der Waals surface area contributed by atoms with Crippen molar-refractivity contribution >= 4 is 0 Å². The van der Waals surface area contributed by atoms with Crippen molar-refractivity contribution in [2.24, 2.45) is 0 Å². The molecule has 3 heteroatoms. The molecule has 0 fully saturated rings. The van der Waals surface area contributed by atoms with Crippen LogP contribution in [0.3, 0.4) is 0 Å². The molecule has 1 atom stereocenters. The number of aryl methyl sites for hydroxylation is 1. The number of rotatable bonds is 8. The molecule has 19 heavy (non-hydrogen) atoms. The minimum Gasteiger partial charge on any atom is -0.496 e. The van der Waals surface area contributed by atoms with Crippen LogP contribution in [0.2, 0.25) is 0 Å². The highest BCUT2D eigenvalue weighted by molar-refractivity contribution is 5.46. The summed E-state index contributed by atoms with van der Waals surface area (Å²) in [6, 6.07) is 4.49. The lowest BCUT2D eigenvalue weighted by molar-refractivity contribution is 0.122. The maximum absolute atomic E-state index is 5.60. The third-order valence-corrected chi connectivity index (χ3v) is 3.42. The lowest BCUT2D eigenvalue weighted by Gasteiger charge is -2.23. The van der Waals surface area contributed by atoms with Gasteiger partial charge >= 0.3 is 0 Å². The van der Waals surface area contributed by atoms with Gasteiger partial charge in [-0.25, -0.2) is 0 Å². The van der Waals surface area contributed by atoms with E-state index in [1.807, 2.05) is 6.92 Å². The highest BCUT2D eigenvalue weighted by Crippen LogP contribution is 2.31. The minimum absolute atomic E-state index is 0.189. The molecule has 1 N–H and O–H groups in total. The fourth-order valence-electron chi connectivity index (χ4n) is 2.17. The lowest BCUT2D eigenvalue weighted by Crippen LogP contribution is -2.27. The second-order valence-electron chi connectivity index (χ2n) is 4.80. The molecule has 1 rings (SSSR count). The molecule has 0 aliphatic heterocycles. The molecule has 0 heterocycles. The van der Waals surface area contributed by atoms with Crippen molar-refractivity contribution in [1.82, 2.24) is 5.32 Å². The molecule has 0 saturated heterocycles. The molecule has 0 bridgehead atoms. The molecule has 0 aliphatic rings. The summed E-state index contributed by atoms with van der Waals surface area (Å²) in [5.41, 5.74) is 3.65. The third-order valence-electron chi connectivity index (χ3n) is 3.42.